The average molecular weight is 554 g/mol. The predicted molar refractivity (Wildman–Crippen MR) is 120 cm³/mol. The van der Waals surface area contributed by atoms with Crippen LogP contribution in [-0.2, 0) is 19.4 Å². The van der Waals surface area contributed by atoms with Crippen molar-refractivity contribution in [1.29, 1.82) is 0 Å². The van der Waals surface area contributed by atoms with E-state index in [1.54, 1.807) is 6.33 Å². The second-order valence-corrected chi connectivity index (χ2v) is 7.28. The fourth-order valence-electron chi connectivity index (χ4n) is 2.89. The SMILES string of the molecule is CCNC(=NCCc1cc(Cl)ccc1Br)NC1CCc2ncnn2C1.I. The van der Waals surface area contributed by atoms with Gasteiger partial charge in [0.15, 0.2) is 5.96 Å². The molecule has 142 valence electrons. The van der Waals surface area contributed by atoms with Crippen LogP contribution in [0, 0.1) is 0 Å². The van der Waals surface area contributed by atoms with Gasteiger partial charge in [-0.1, -0.05) is 27.5 Å². The summed E-state index contributed by atoms with van der Waals surface area (Å²) in [5.41, 5.74) is 1.16. The minimum Gasteiger partial charge on any atom is -0.357 e. The van der Waals surface area contributed by atoms with Crippen molar-refractivity contribution < 1.29 is 0 Å². The van der Waals surface area contributed by atoms with Crippen LogP contribution in [0.25, 0.3) is 0 Å². The Kier molecular flexibility index (Phi) is 8.62. The van der Waals surface area contributed by atoms with E-state index in [1.165, 1.54) is 0 Å². The van der Waals surface area contributed by atoms with Crippen LogP contribution >= 0.6 is 51.5 Å². The monoisotopic (exact) mass is 552 g/mol. The lowest BCUT2D eigenvalue weighted by molar-refractivity contribution is 0.393. The standard InChI is InChI=1S/C17H22BrClN6.HI/c1-2-20-17(21-8-7-12-9-13(19)3-5-15(12)18)24-14-4-6-16-22-11-23-25(16)10-14;/h3,5,9,11,14H,2,4,6-8,10H2,1H3,(H2,20,21,24);1H. The summed E-state index contributed by atoms with van der Waals surface area (Å²) in [6, 6.07) is 6.15. The van der Waals surface area contributed by atoms with Crippen LogP contribution in [0.5, 0.6) is 0 Å². The second-order valence-electron chi connectivity index (χ2n) is 5.98. The van der Waals surface area contributed by atoms with Crippen LogP contribution < -0.4 is 10.6 Å². The first-order valence-corrected chi connectivity index (χ1v) is 9.68. The van der Waals surface area contributed by atoms with E-state index in [-0.39, 0.29) is 24.0 Å². The van der Waals surface area contributed by atoms with Gasteiger partial charge in [0.1, 0.15) is 12.2 Å². The Morgan fingerprint density at radius 3 is 3.12 bits per heavy atom. The predicted octanol–water partition coefficient (Wildman–Crippen LogP) is 3.42. The summed E-state index contributed by atoms with van der Waals surface area (Å²) in [5.74, 6) is 1.90. The van der Waals surface area contributed by atoms with Crippen LogP contribution in [0.3, 0.4) is 0 Å². The van der Waals surface area contributed by atoms with Crippen molar-refractivity contribution in [2.45, 2.75) is 38.8 Å². The van der Waals surface area contributed by atoms with Crippen LogP contribution in [0.2, 0.25) is 5.02 Å². The molecule has 0 spiro atoms. The number of nitrogens with zero attached hydrogens (tertiary/aromatic N) is 4. The molecule has 2 heterocycles. The number of hydrogen-bond donors (Lipinski definition) is 2. The third-order valence-electron chi connectivity index (χ3n) is 4.15. The largest absolute Gasteiger partial charge is 0.357 e. The Labute approximate surface area is 184 Å². The topological polar surface area (TPSA) is 67.1 Å². The Morgan fingerprint density at radius 1 is 1.46 bits per heavy atom. The number of aryl methyl sites for hydroxylation is 1. The Morgan fingerprint density at radius 2 is 2.31 bits per heavy atom. The maximum Gasteiger partial charge on any atom is 0.191 e. The van der Waals surface area contributed by atoms with E-state index in [9.17, 15) is 0 Å². The molecular formula is C17H23BrClIN6. The summed E-state index contributed by atoms with van der Waals surface area (Å²) in [6.07, 6.45) is 4.42. The third kappa shape index (κ3) is 5.82. The number of guanidine groups is 1. The average Bonchev–Trinajstić information content (AvgIpc) is 3.06. The maximum absolute atomic E-state index is 6.07. The first-order chi connectivity index (χ1) is 12.2. The van der Waals surface area contributed by atoms with Gasteiger partial charge in [-0.15, -0.1) is 24.0 Å². The summed E-state index contributed by atoms with van der Waals surface area (Å²) in [4.78, 5) is 8.97. The molecule has 1 aromatic carbocycles. The normalized spacial score (nSPS) is 16.6. The van der Waals surface area contributed by atoms with Gasteiger partial charge in [0, 0.05) is 35.0 Å². The van der Waals surface area contributed by atoms with E-state index in [2.05, 4.69) is 43.6 Å². The number of aliphatic imine (C=N–C) groups is 1. The third-order valence-corrected chi connectivity index (χ3v) is 5.16. The Hall–Kier alpha value is -0.870. The molecule has 1 aromatic heterocycles. The molecule has 2 aromatic rings. The first-order valence-electron chi connectivity index (χ1n) is 8.51. The highest BCUT2D eigenvalue weighted by Gasteiger charge is 2.20. The van der Waals surface area contributed by atoms with E-state index >= 15 is 0 Å². The summed E-state index contributed by atoms with van der Waals surface area (Å²) < 4.78 is 3.03. The second kappa shape index (κ2) is 10.5. The zero-order valence-electron chi connectivity index (χ0n) is 14.6. The maximum atomic E-state index is 6.07. The van der Waals surface area contributed by atoms with Gasteiger partial charge in [-0.3, -0.25) is 4.99 Å². The molecule has 0 aliphatic carbocycles. The van der Waals surface area contributed by atoms with Crippen LogP contribution in [0.4, 0.5) is 0 Å². The lowest BCUT2D eigenvalue weighted by Crippen LogP contribution is -2.47. The lowest BCUT2D eigenvalue weighted by atomic mass is 10.1. The van der Waals surface area contributed by atoms with Crippen molar-refractivity contribution in [2.75, 3.05) is 13.1 Å². The Balaban J connectivity index is 0.00000243. The molecule has 0 radical (unpaired) electrons. The van der Waals surface area contributed by atoms with E-state index in [0.29, 0.717) is 12.6 Å². The highest BCUT2D eigenvalue weighted by molar-refractivity contribution is 14.0. The lowest BCUT2D eigenvalue weighted by Gasteiger charge is -2.25. The number of halogens is 3. The van der Waals surface area contributed by atoms with E-state index in [4.69, 9.17) is 16.6 Å². The molecule has 0 saturated heterocycles. The molecule has 1 unspecified atom stereocenters. The van der Waals surface area contributed by atoms with Gasteiger partial charge in [0.2, 0.25) is 0 Å². The molecule has 0 saturated carbocycles. The Bertz CT molecular complexity index is 751. The van der Waals surface area contributed by atoms with Crippen LogP contribution in [0.1, 0.15) is 24.7 Å². The zero-order chi connectivity index (χ0) is 17.6. The number of benzene rings is 1. The molecule has 1 aliphatic heterocycles. The van der Waals surface area contributed by atoms with Gasteiger partial charge in [0.25, 0.3) is 0 Å². The van der Waals surface area contributed by atoms with Crippen molar-refractivity contribution in [3.8, 4) is 0 Å². The zero-order valence-corrected chi connectivity index (χ0v) is 19.3. The van der Waals surface area contributed by atoms with Gasteiger partial charge in [-0.05, 0) is 43.5 Å². The van der Waals surface area contributed by atoms with Gasteiger partial charge < -0.3 is 10.6 Å². The van der Waals surface area contributed by atoms with E-state index < -0.39 is 0 Å². The van der Waals surface area contributed by atoms with Crippen LogP contribution in [0.15, 0.2) is 34.0 Å². The van der Waals surface area contributed by atoms with Crippen molar-refractivity contribution in [3.63, 3.8) is 0 Å². The molecule has 1 aliphatic rings. The molecule has 2 N–H and O–H groups in total. The van der Waals surface area contributed by atoms with Crippen LogP contribution in [-0.4, -0.2) is 39.9 Å². The minimum atomic E-state index is 0. The number of rotatable bonds is 5. The van der Waals surface area contributed by atoms with Gasteiger partial charge in [0.05, 0.1) is 6.54 Å². The minimum absolute atomic E-state index is 0. The molecular weight excluding hydrogens is 530 g/mol. The highest BCUT2D eigenvalue weighted by Crippen LogP contribution is 2.21. The van der Waals surface area contributed by atoms with Crippen molar-refractivity contribution in [3.05, 3.63) is 45.4 Å². The number of fused-ring (bicyclic) bond motifs is 1. The molecule has 0 amide bonds. The highest BCUT2D eigenvalue weighted by atomic mass is 127. The molecule has 3 rings (SSSR count). The molecule has 0 fully saturated rings. The molecule has 0 bridgehead atoms. The summed E-state index contributed by atoms with van der Waals surface area (Å²) in [6.45, 7) is 4.41. The number of hydrogen-bond acceptors (Lipinski definition) is 3. The molecule has 1 atom stereocenters. The molecule has 6 nitrogen and oxygen atoms in total. The van der Waals surface area contributed by atoms with E-state index in [0.717, 1.165) is 59.2 Å². The van der Waals surface area contributed by atoms with Gasteiger partial charge in [-0.25, -0.2) is 9.67 Å². The van der Waals surface area contributed by atoms with E-state index in [1.807, 2.05) is 22.9 Å². The number of nitrogens with one attached hydrogen (secondary N) is 2. The number of aromatic nitrogens is 3. The quantitative estimate of drug-likeness (QED) is 0.338. The van der Waals surface area contributed by atoms with Gasteiger partial charge >= 0.3 is 0 Å². The fourth-order valence-corrected chi connectivity index (χ4v) is 3.53. The molecule has 9 heteroatoms. The summed E-state index contributed by atoms with van der Waals surface area (Å²) >= 11 is 9.64. The summed E-state index contributed by atoms with van der Waals surface area (Å²) in [7, 11) is 0. The fraction of sp³-hybridized carbons (Fsp3) is 0.471. The van der Waals surface area contributed by atoms with Gasteiger partial charge in [-0.2, -0.15) is 5.10 Å². The smallest absolute Gasteiger partial charge is 0.191 e. The summed E-state index contributed by atoms with van der Waals surface area (Å²) in [5, 5.41) is 11.8. The molecule has 26 heavy (non-hydrogen) atoms. The van der Waals surface area contributed by atoms with Crippen molar-refractivity contribution >= 4 is 57.5 Å². The van der Waals surface area contributed by atoms with Crippen molar-refractivity contribution in [2.24, 2.45) is 4.99 Å². The first kappa shape index (κ1) is 21.4. The van der Waals surface area contributed by atoms with Crippen molar-refractivity contribution in [1.82, 2.24) is 25.4 Å².